The molecule has 0 bridgehead atoms. The predicted octanol–water partition coefficient (Wildman–Crippen LogP) is 3.74. The van der Waals surface area contributed by atoms with Crippen LogP contribution < -0.4 is 0 Å². The summed E-state index contributed by atoms with van der Waals surface area (Å²) in [6, 6.07) is 4.40. The highest BCUT2D eigenvalue weighted by Gasteiger charge is 2.65. The Hall–Kier alpha value is -3.05. The lowest BCUT2D eigenvalue weighted by molar-refractivity contribution is -0.384. The van der Waals surface area contributed by atoms with Gasteiger partial charge in [0.1, 0.15) is 12.5 Å². The highest BCUT2D eigenvalue weighted by atomic mass is 28.3. The lowest BCUT2D eigenvalue weighted by Gasteiger charge is -2.58. The molecule has 1 aliphatic heterocycles. The molecule has 0 N–H and O–H groups in total. The molecule has 1 aromatic rings. The second-order valence-electron chi connectivity index (χ2n) is 10.5. The molecule has 0 aromatic heterocycles. The van der Waals surface area contributed by atoms with Gasteiger partial charge in [-0.15, -0.1) is 0 Å². The molecule has 11 heteroatoms. The minimum Gasteiger partial charge on any atom is -0.459 e. The number of esters is 2. The van der Waals surface area contributed by atoms with E-state index in [-0.39, 0.29) is 12.3 Å². The molecule has 0 aliphatic carbocycles. The molecule has 1 saturated heterocycles. The fraction of sp³-hybridized carbons (Fsp3) is 0.560. The first-order chi connectivity index (χ1) is 16.5. The van der Waals surface area contributed by atoms with Gasteiger partial charge in [-0.3, -0.25) is 24.6 Å². The second kappa shape index (κ2) is 10.9. The van der Waals surface area contributed by atoms with E-state index in [0.29, 0.717) is 11.1 Å². The van der Waals surface area contributed by atoms with E-state index in [0.717, 1.165) is 0 Å². The maximum absolute atomic E-state index is 13.6. The molecule has 0 radical (unpaired) electrons. The van der Waals surface area contributed by atoms with Crippen LogP contribution in [0.3, 0.4) is 0 Å². The monoisotopic (exact) mass is 520 g/mol. The highest BCUT2D eigenvalue weighted by Crippen LogP contribution is 2.49. The first kappa shape index (κ1) is 29.2. The van der Waals surface area contributed by atoms with Crippen molar-refractivity contribution in [3.63, 3.8) is 0 Å². The smallest absolute Gasteiger partial charge is 0.333 e. The van der Waals surface area contributed by atoms with Crippen LogP contribution >= 0.6 is 0 Å². The fourth-order valence-corrected chi connectivity index (χ4v) is 5.75. The Morgan fingerprint density at radius 1 is 1.17 bits per heavy atom. The first-order valence-electron chi connectivity index (χ1n) is 11.7. The number of benzene rings is 1. The van der Waals surface area contributed by atoms with Gasteiger partial charge in [0.25, 0.3) is 5.69 Å². The van der Waals surface area contributed by atoms with Crippen molar-refractivity contribution in [2.75, 3.05) is 0 Å². The Balaban J connectivity index is 2.34. The Morgan fingerprint density at radius 2 is 1.72 bits per heavy atom. The molecule has 36 heavy (non-hydrogen) atoms. The van der Waals surface area contributed by atoms with Gasteiger partial charge in [-0.25, -0.2) is 4.79 Å². The van der Waals surface area contributed by atoms with Crippen LogP contribution in [0, 0.1) is 21.4 Å². The zero-order valence-electron chi connectivity index (χ0n) is 22.2. The normalized spacial score (nSPS) is 20.2. The van der Waals surface area contributed by atoms with E-state index in [1.165, 1.54) is 36.1 Å². The molecule has 4 atom stereocenters. The molecule has 0 saturated carbocycles. The number of likely N-dealkylation sites (tertiary alicyclic amines) is 1. The fourth-order valence-electron chi connectivity index (χ4n) is 4.27. The molecule has 0 spiro atoms. The van der Waals surface area contributed by atoms with Gasteiger partial charge in [0.2, 0.25) is 5.91 Å². The van der Waals surface area contributed by atoms with Gasteiger partial charge in [-0.2, -0.15) is 0 Å². The highest BCUT2D eigenvalue weighted by molar-refractivity contribution is 6.48. The molecule has 1 aliphatic rings. The molecule has 198 valence electrons. The number of hydrogen-bond donors (Lipinski definition) is 0. The van der Waals surface area contributed by atoms with Crippen molar-refractivity contribution in [1.29, 1.82) is 0 Å². The zero-order chi connectivity index (χ0) is 27.6. The van der Waals surface area contributed by atoms with E-state index in [9.17, 15) is 24.5 Å². The van der Waals surface area contributed by atoms with Crippen molar-refractivity contribution in [2.24, 2.45) is 11.3 Å². The van der Waals surface area contributed by atoms with Gasteiger partial charge in [-0.1, -0.05) is 27.4 Å². The number of hydrogen-bond acceptors (Lipinski definition) is 8. The number of ether oxygens (including phenoxy) is 2. The third-order valence-electron chi connectivity index (χ3n) is 6.43. The van der Waals surface area contributed by atoms with Gasteiger partial charge in [0.15, 0.2) is 21.3 Å². The maximum Gasteiger partial charge on any atom is 0.333 e. The van der Waals surface area contributed by atoms with Crippen molar-refractivity contribution < 1.29 is 33.2 Å². The van der Waals surface area contributed by atoms with Crippen LogP contribution in [-0.2, 0) is 34.9 Å². The minimum atomic E-state index is -1.62. The third kappa shape index (κ3) is 6.01. The summed E-state index contributed by atoms with van der Waals surface area (Å²) in [4.78, 5) is 50.3. The Labute approximate surface area is 213 Å². The van der Waals surface area contributed by atoms with Gasteiger partial charge in [-0.05, 0) is 55.6 Å². The Kier molecular flexibility index (Phi) is 8.85. The summed E-state index contributed by atoms with van der Waals surface area (Å²) in [6.07, 6.45) is -1.04. The van der Waals surface area contributed by atoms with Gasteiger partial charge in [0, 0.05) is 19.1 Å². The number of amides is 1. The predicted molar refractivity (Wildman–Crippen MR) is 135 cm³/mol. The molecular formula is C25H36N2O8Si. The summed E-state index contributed by atoms with van der Waals surface area (Å²) in [5.41, 5.74) is -0.647. The number of rotatable bonds is 10. The molecule has 10 nitrogen and oxygen atoms in total. The standard InChI is InChI=1S/C25H36N2O8Si/c1-15(2)20(23(30)33-14-17-10-12-18(13-11-17)27(31)32)26-21(29)19(22(26)34-16(3)28)25(7,24(4,5)6)35-36(8)9/h10-13,19-20,22,36H,1,14H2,2-9H3/t19?,20-,22?,25-/m1/s1. The summed E-state index contributed by atoms with van der Waals surface area (Å²) >= 11 is 0. The van der Waals surface area contributed by atoms with Crippen molar-refractivity contribution in [1.82, 2.24) is 4.90 Å². The third-order valence-corrected chi connectivity index (χ3v) is 7.39. The van der Waals surface area contributed by atoms with Crippen molar-refractivity contribution in [3.05, 3.63) is 52.1 Å². The SMILES string of the molecule is C=C(C)[C@H](C(=O)OCc1ccc([N+](=O)[O-])cc1)N1C(=O)C([C@@](C)(O[SiH](C)C)C(C)(C)C)C1OC(C)=O. The molecule has 1 aromatic carbocycles. The molecular weight excluding hydrogens is 484 g/mol. The van der Waals surface area contributed by atoms with Crippen LogP contribution in [0.15, 0.2) is 36.4 Å². The molecule has 1 heterocycles. The Morgan fingerprint density at radius 3 is 2.14 bits per heavy atom. The van der Waals surface area contributed by atoms with Crippen LogP contribution in [-0.4, -0.2) is 54.6 Å². The van der Waals surface area contributed by atoms with E-state index in [2.05, 4.69) is 6.58 Å². The summed E-state index contributed by atoms with van der Waals surface area (Å²) in [7, 11) is -1.62. The largest absolute Gasteiger partial charge is 0.459 e. The van der Waals surface area contributed by atoms with E-state index in [1.54, 1.807) is 6.92 Å². The minimum absolute atomic E-state index is 0.0834. The average molecular weight is 521 g/mol. The summed E-state index contributed by atoms with van der Waals surface area (Å²) in [5.74, 6) is -2.56. The topological polar surface area (TPSA) is 125 Å². The first-order valence-corrected chi connectivity index (χ1v) is 14.5. The summed E-state index contributed by atoms with van der Waals surface area (Å²) < 4.78 is 17.4. The lowest BCUT2D eigenvalue weighted by Crippen LogP contribution is -2.75. The zero-order valence-corrected chi connectivity index (χ0v) is 23.3. The van der Waals surface area contributed by atoms with Gasteiger partial charge < -0.3 is 13.9 Å². The lowest BCUT2D eigenvalue weighted by atomic mass is 9.65. The number of nitro benzene ring substituents is 1. The van der Waals surface area contributed by atoms with E-state index < -0.39 is 61.0 Å². The van der Waals surface area contributed by atoms with Crippen LogP contribution in [0.5, 0.6) is 0 Å². The Bertz CT molecular complexity index is 1030. The number of carbonyl (C=O) groups is 3. The van der Waals surface area contributed by atoms with Crippen molar-refractivity contribution in [2.45, 2.75) is 79.1 Å². The quantitative estimate of drug-likeness (QED) is 0.114. The van der Waals surface area contributed by atoms with E-state index in [1.807, 2.05) is 40.8 Å². The second-order valence-corrected chi connectivity index (χ2v) is 12.9. The van der Waals surface area contributed by atoms with Crippen LogP contribution in [0.2, 0.25) is 13.1 Å². The van der Waals surface area contributed by atoms with Crippen LogP contribution in [0.25, 0.3) is 0 Å². The molecule has 2 rings (SSSR count). The average Bonchev–Trinajstić information content (AvgIpc) is 2.73. The van der Waals surface area contributed by atoms with Crippen LogP contribution in [0.4, 0.5) is 5.69 Å². The number of carbonyl (C=O) groups excluding carboxylic acids is 3. The summed E-state index contributed by atoms with van der Waals surface area (Å²) in [6.45, 7) is 18.2. The van der Waals surface area contributed by atoms with Crippen molar-refractivity contribution >= 4 is 32.6 Å². The summed E-state index contributed by atoms with van der Waals surface area (Å²) in [5, 5.41) is 10.8. The number of nitro groups is 1. The van der Waals surface area contributed by atoms with Crippen molar-refractivity contribution in [3.8, 4) is 0 Å². The number of non-ortho nitro benzene ring substituents is 1. The van der Waals surface area contributed by atoms with Gasteiger partial charge in [0.05, 0.1) is 10.5 Å². The number of nitrogens with zero attached hydrogens (tertiary/aromatic N) is 2. The van der Waals surface area contributed by atoms with E-state index >= 15 is 0 Å². The molecule has 2 unspecified atom stereocenters. The molecule has 1 fully saturated rings. The number of β-lactam (4-membered cyclic amide) rings is 1. The van der Waals surface area contributed by atoms with Gasteiger partial charge >= 0.3 is 11.9 Å². The van der Waals surface area contributed by atoms with Crippen LogP contribution in [0.1, 0.15) is 47.1 Å². The molecule has 1 amide bonds. The van der Waals surface area contributed by atoms with E-state index in [4.69, 9.17) is 13.9 Å². The maximum atomic E-state index is 13.6.